The number of carbonyl (C=O) groups is 1. The molecule has 1 atom stereocenters. The third-order valence-electron chi connectivity index (χ3n) is 1.49. The van der Waals surface area contributed by atoms with Crippen LogP contribution in [-0.4, -0.2) is 30.1 Å². The van der Waals surface area contributed by atoms with E-state index >= 15 is 0 Å². The van der Waals surface area contributed by atoms with E-state index in [1.165, 1.54) is 6.08 Å². The van der Waals surface area contributed by atoms with Gasteiger partial charge in [-0.05, 0) is 6.92 Å². The monoisotopic (exact) mass is 171 g/mol. The lowest BCUT2D eigenvalue weighted by Gasteiger charge is -2.13. The number of aliphatic hydroxyl groups is 1. The predicted octanol–water partition coefficient (Wildman–Crippen LogP) is -1.52. The Balaban J connectivity index is 2.24. The minimum atomic E-state index is -0.0385. The lowest BCUT2D eigenvalue weighted by Crippen LogP contribution is -2.42. The van der Waals surface area contributed by atoms with Gasteiger partial charge in [0, 0.05) is 12.1 Å². The fourth-order valence-corrected chi connectivity index (χ4v) is 0.772. The number of nitrogens with one attached hydrogen (secondary N) is 3. The van der Waals surface area contributed by atoms with Gasteiger partial charge in [-0.1, -0.05) is 0 Å². The van der Waals surface area contributed by atoms with Crippen molar-refractivity contribution in [2.24, 2.45) is 0 Å². The molecule has 0 fully saturated rings. The molecule has 0 saturated carbocycles. The number of hydrogen-bond acceptors (Lipinski definition) is 5. The minimum Gasteiger partial charge on any atom is -0.395 e. The standard InChI is InChI=1S/C7H13N3O2/c1-5(4-11)9-10-7-2-6(12)3-8-7/h2,5,8-11H,3-4H2,1H3. The molecule has 1 aliphatic heterocycles. The fraction of sp³-hybridized carbons (Fsp3) is 0.571. The molecule has 68 valence electrons. The van der Waals surface area contributed by atoms with Crippen LogP contribution in [0.2, 0.25) is 0 Å². The first-order valence-corrected chi connectivity index (χ1v) is 3.83. The van der Waals surface area contributed by atoms with E-state index in [-0.39, 0.29) is 18.4 Å². The Morgan fingerprint density at radius 1 is 1.83 bits per heavy atom. The van der Waals surface area contributed by atoms with Gasteiger partial charge in [-0.3, -0.25) is 4.79 Å². The molecular weight excluding hydrogens is 158 g/mol. The highest BCUT2D eigenvalue weighted by atomic mass is 16.3. The summed E-state index contributed by atoms with van der Waals surface area (Å²) in [5, 5.41) is 11.5. The van der Waals surface area contributed by atoms with Gasteiger partial charge >= 0.3 is 0 Å². The molecule has 12 heavy (non-hydrogen) atoms. The van der Waals surface area contributed by atoms with E-state index in [2.05, 4.69) is 16.2 Å². The Kier molecular flexibility index (Phi) is 3.07. The van der Waals surface area contributed by atoms with E-state index < -0.39 is 0 Å². The van der Waals surface area contributed by atoms with Crippen LogP contribution in [0, 0.1) is 0 Å². The third kappa shape index (κ3) is 2.52. The number of ketones is 1. The summed E-state index contributed by atoms with van der Waals surface area (Å²) in [5.74, 6) is 0.705. The summed E-state index contributed by atoms with van der Waals surface area (Å²) in [5.41, 5.74) is 5.59. The Labute approximate surface area is 70.8 Å². The lowest BCUT2D eigenvalue weighted by atomic mass is 10.4. The molecule has 4 N–H and O–H groups in total. The number of rotatable bonds is 4. The summed E-state index contributed by atoms with van der Waals surface area (Å²) < 4.78 is 0. The number of hydrazine groups is 1. The normalized spacial score (nSPS) is 18.5. The Morgan fingerprint density at radius 3 is 3.08 bits per heavy atom. The Hall–Kier alpha value is -1.07. The molecule has 1 rings (SSSR count). The van der Waals surface area contributed by atoms with Gasteiger partial charge in [0.1, 0.15) is 5.82 Å². The zero-order valence-electron chi connectivity index (χ0n) is 6.92. The van der Waals surface area contributed by atoms with Gasteiger partial charge in [0.05, 0.1) is 13.2 Å². The molecule has 0 bridgehead atoms. The summed E-state index contributed by atoms with van der Waals surface area (Å²) in [7, 11) is 0. The largest absolute Gasteiger partial charge is 0.395 e. The third-order valence-corrected chi connectivity index (χ3v) is 1.49. The van der Waals surface area contributed by atoms with Crippen LogP contribution < -0.4 is 16.2 Å². The van der Waals surface area contributed by atoms with Gasteiger partial charge in [-0.25, -0.2) is 5.43 Å². The quantitative estimate of drug-likeness (QED) is 0.386. The Bertz CT molecular complexity index is 203. The molecule has 5 heteroatoms. The number of hydrogen-bond donors (Lipinski definition) is 4. The van der Waals surface area contributed by atoms with Crippen molar-refractivity contribution in [3.8, 4) is 0 Å². The van der Waals surface area contributed by atoms with Crippen LogP contribution in [-0.2, 0) is 4.79 Å². The van der Waals surface area contributed by atoms with Crippen molar-refractivity contribution >= 4 is 5.78 Å². The summed E-state index contributed by atoms with van der Waals surface area (Å²) >= 11 is 0. The van der Waals surface area contributed by atoms with Crippen LogP contribution in [0.3, 0.4) is 0 Å². The highest BCUT2D eigenvalue weighted by Crippen LogP contribution is 1.91. The highest BCUT2D eigenvalue weighted by molar-refractivity contribution is 5.94. The molecule has 1 heterocycles. The van der Waals surface area contributed by atoms with Crippen molar-refractivity contribution in [2.75, 3.05) is 13.2 Å². The molecule has 1 unspecified atom stereocenters. The van der Waals surface area contributed by atoms with Crippen LogP contribution in [0.5, 0.6) is 0 Å². The molecule has 0 spiro atoms. The number of carbonyl (C=O) groups excluding carboxylic acids is 1. The summed E-state index contributed by atoms with van der Waals surface area (Å²) in [6, 6.07) is -0.0385. The second kappa shape index (κ2) is 4.08. The first-order chi connectivity index (χ1) is 5.72. The molecule has 0 radical (unpaired) electrons. The summed E-state index contributed by atoms with van der Waals surface area (Å²) in [6.45, 7) is 2.22. The highest BCUT2D eigenvalue weighted by Gasteiger charge is 2.10. The minimum absolute atomic E-state index is 0.0385. The van der Waals surface area contributed by atoms with E-state index in [1.807, 2.05) is 6.92 Å². The maximum absolute atomic E-state index is 10.7. The predicted molar refractivity (Wildman–Crippen MR) is 43.9 cm³/mol. The first kappa shape index (κ1) is 9.02. The molecule has 0 amide bonds. The Morgan fingerprint density at radius 2 is 2.58 bits per heavy atom. The van der Waals surface area contributed by atoms with Crippen molar-refractivity contribution in [1.82, 2.24) is 16.2 Å². The van der Waals surface area contributed by atoms with Gasteiger partial charge < -0.3 is 15.8 Å². The molecule has 0 aliphatic carbocycles. The van der Waals surface area contributed by atoms with Crippen LogP contribution >= 0.6 is 0 Å². The average Bonchev–Trinajstić information content (AvgIpc) is 2.47. The average molecular weight is 171 g/mol. The zero-order chi connectivity index (χ0) is 8.97. The van der Waals surface area contributed by atoms with Crippen LogP contribution in [0.25, 0.3) is 0 Å². The molecule has 0 aromatic carbocycles. The summed E-state index contributed by atoms with van der Waals surface area (Å²) in [4.78, 5) is 10.7. The van der Waals surface area contributed by atoms with Crippen LogP contribution in [0.15, 0.2) is 11.9 Å². The summed E-state index contributed by atoms with van der Waals surface area (Å²) in [6.07, 6.45) is 1.48. The van der Waals surface area contributed by atoms with E-state index in [1.54, 1.807) is 0 Å². The first-order valence-electron chi connectivity index (χ1n) is 3.83. The maximum Gasteiger partial charge on any atom is 0.178 e. The van der Waals surface area contributed by atoms with Gasteiger partial charge in [0.25, 0.3) is 0 Å². The molecule has 0 saturated heterocycles. The molecule has 1 aliphatic rings. The van der Waals surface area contributed by atoms with Crippen molar-refractivity contribution in [3.05, 3.63) is 11.9 Å². The van der Waals surface area contributed by atoms with Crippen molar-refractivity contribution in [3.63, 3.8) is 0 Å². The van der Waals surface area contributed by atoms with E-state index in [9.17, 15) is 4.79 Å². The van der Waals surface area contributed by atoms with E-state index in [0.717, 1.165) is 0 Å². The van der Waals surface area contributed by atoms with Gasteiger partial charge in [0.2, 0.25) is 0 Å². The SMILES string of the molecule is CC(CO)NNC1=CC(=O)CN1. The van der Waals surface area contributed by atoms with Crippen molar-refractivity contribution in [2.45, 2.75) is 13.0 Å². The molecule has 0 aromatic rings. The van der Waals surface area contributed by atoms with Gasteiger partial charge in [-0.2, -0.15) is 0 Å². The van der Waals surface area contributed by atoms with Gasteiger partial charge in [0.15, 0.2) is 5.78 Å². The van der Waals surface area contributed by atoms with Crippen LogP contribution in [0.1, 0.15) is 6.92 Å². The fourth-order valence-electron chi connectivity index (χ4n) is 0.772. The van der Waals surface area contributed by atoms with E-state index in [4.69, 9.17) is 5.11 Å². The smallest absolute Gasteiger partial charge is 0.178 e. The maximum atomic E-state index is 10.7. The topological polar surface area (TPSA) is 73.4 Å². The van der Waals surface area contributed by atoms with Crippen molar-refractivity contribution in [1.29, 1.82) is 0 Å². The second-order valence-electron chi connectivity index (χ2n) is 2.73. The van der Waals surface area contributed by atoms with Crippen LogP contribution in [0.4, 0.5) is 0 Å². The molecular formula is C7H13N3O2. The second-order valence-corrected chi connectivity index (χ2v) is 2.73. The molecule has 0 aromatic heterocycles. The van der Waals surface area contributed by atoms with E-state index in [0.29, 0.717) is 12.4 Å². The lowest BCUT2D eigenvalue weighted by molar-refractivity contribution is -0.113. The van der Waals surface area contributed by atoms with Gasteiger partial charge in [-0.15, -0.1) is 0 Å². The molecule has 5 nitrogen and oxygen atoms in total. The zero-order valence-corrected chi connectivity index (χ0v) is 6.92. The number of aliphatic hydroxyl groups excluding tert-OH is 1. The van der Waals surface area contributed by atoms with Crippen molar-refractivity contribution < 1.29 is 9.90 Å².